The Morgan fingerprint density at radius 2 is 2.06 bits per heavy atom. The largest absolute Gasteiger partial charge is 0.437 e. The van der Waals surface area contributed by atoms with Crippen molar-refractivity contribution in [3.63, 3.8) is 0 Å². The summed E-state index contributed by atoms with van der Waals surface area (Å²) < 4.78 is 6.49. The summed E-state index contributed by atoms with van der Waals surface area (Å²) in [6, 6.07) is 9.44. The van der Waals surface area contributed by atoms with Crippen LogP contribution >= 0.6 is 15.9 Å². The molecule has 90 valence electrons. The van der Waals surface area contributed by atoms with Gasteiger partial charge in [-0.25, -0.2) is 0 Å². The second-order valence-corrected chi connectivity index (χ2v) is 4.68. The zero-order valence-electron chi connectivity index (χ0n) is 9.94. The highest BCUT2D eigenvalue weighted by Crippen LogP contribution is 2.26. The maximum atomic E-state index is 9.15. The number of ether oxygens (including phenoxy) is 1. The minimum Gasteiger partial charge on any atom is -0.437 e. The van der Waals surface area contributed by atoms with E-state index in [0.717, 1.165) is 15.7 Å². The lowest BCUT2D eigenvalue weighted by Gasteiger charge is -2.08. The smallest absolute Gasteiger partial charge is 0.257 e. The maximum absolute atomic E-state index is 9.15. The van der Waals surface area contributed by atoms with Gasteiger partial charge in [-0.1, -0.05) is 22.0 Å². The van der Waals surface area contributed by atoms with E-state index in [0.29, 0.717) is 11.3 Å². The first-order valence-corrected chi connectivity index (χ1v) is 6.08. The predicted molar refractivity (Wildman–Crippen MR) is 70.4 cm³/mol. The molecule has 0 amide bonds. The number of aromatic nitrogens is 2. The van der Waals surface area contributed by atoms with E-state index < -0.39 is 0 Å². The highest BCUT2D eigenvalue weighted by atomic mass is 79.9. The van der Waals surface area contributed by atoms with Gasteiger partial charge in [-0.15, -0.1) is 5.10 Å². The fourth-order valence-corrected chi connectivity index (χ4v) is 1.81. The number of nitrogens with zero attached hydrogens (tertiary/aromatic N) is 3. The molecule has 0 aliphatic carbocycles. The number of hydrogen-bond donors (Lipinski definition) is 0. The van der Waals surface area contributed by atoms with Gasteiger partial charge in [0, 0.05) is 4.47 Å². The standard InChI is InChI=1S/C13H10BrN3O/c1-8-9(2)16-17-13(12(8)7-15)18-11-5-3-4-10(14)6-11/h3-6H,1-2H3. The molecule has 2 aromatic rings. The molecule has 0 saturated heterocycles. The van der Waals surface area contributed by atoms with Crippen molar-refractivity contribution in [1.29, 1.82) is 5.26 Å². The first-order valence-electron chi connectivity index (χ1n) is 5.29. The van der Waals surface area contributed by atoms with Gasteiger partial charge in [0.2, 0.25) is 0 Å². The van der Waals surface area contributed by atoms with Gasteiger partial charge in [-0.05, 0) is 37.6 Å². The molecule has 0 fully saturated rings. The molecule has 1 heterocycles. The normalized spacial score (nSPS) is 9.89. The van der Waals surface area contributed by atoms with E-state index in [1.165, 1.54) is 0 Å². The molecule has 0 aliphatic rings. The van der Waals surface area contributed by atoms with E-state index in [9.17, 15) is 0 Å². The number of aryl methyl sites for hydroxylation is 1. The molecule has 1 aromatic carbocycles. The Kier molecular flexibility index (Phi) is 3.58. The van der Waals surface area contributed by atoms with Crippen LogP contribution in [0.4, 0.5) is 0 Å². The highest BCUT2D eigenvalue weighted by Gasteiger charge is 2.12. The molecule has 5 heteroatoms. The lowest BCUT2D eigenvalue weighted by Crippen LogP contribution is -2.00. The summed E-state index contributed by atoms with van der Waals surface area (Å²) in [5.41, 5.74) is 1.94. The van der Waals surface area contributed by atoms with E-state index in [2.05, 4.69) is 32.2 Å². The molecule has 4 nitrogen and oxygen atoms in total. The third-order valence-corrected chi connectivity index (χ3v) is 3.04. The topological polar surface area (TPSA) is 58.8 Å². The minimum atomic E-state index is 0.235. The van der Waals surface area contributed by atoms with Crippen molar-refractivity contribution in [2.45, 2.75) is 13.8 Å². The Bertz CT molecular complexity index is 635. The third kappa shape index (κ3) is 2.49. The van der Waals surface area contributed by atoms with Crippen molar-refractivity contribution in [2.24, 2.45) is 0 Å². The number of halogens is 1. The Morgan fingerprint density at radius 3 is 2.72 bits per heavy atom. The number of benzene rings is 1. The molecular formula is C13H10BrN3O. The fraction of sp³-hybridized carbons (Fsp3) is 0.154. The molecule has 0 atom stereocenters. The van der Waals surface area contributed by atoms with Crippen LogP contribution in [-0.2, 0) is 0 Å². The predicted octanol–water partition coefficient (Wildman–Crippen LogP) is 3.52. The number of hydrogen-bond acceptors (Lipinski definition) is 4. The molecule has 0 unspecified atom stereocenters. The van der Waals surface area contributed by atoms with Gasteiger partial charge < -0.3 is 4.74 Å². The van der Waals surface area contributed by atoms with E-state index >= 15 is 0 Å². The molecular weight excluding hydrogens is 294 g/mol. The molecule has 2 rings (SSSR count). The average Bonchev–Trinajstić information content (AvgIpc) is 2.34. The summed E-state index contributed by atoms with van der Waals surface area (Å²) >= 11 is 3.36. The SMILES string of the molecule is Cc1nnc(Oc2cccc(Br)c2)c(C#N)c1C. The molecule has 0 spiro atoms. The van der Waals surface area contributed by atoms with Crippen molar-refractivity contribution in [2.75, 3.05) is 0 Å². The summed E-state index contributed by atoms with van der Waals surface area (Å²) in [5.74, 6) is 0.845. The van der Waals surface area contributed by atoms with Crippen LogP contribution in [0.3, 0.4) is 0 Å². The quantitative estimate of drug-likeness (QED) is 0.851. The van der Waals surface area contributed by atoms with Gasteiger partial charge in [0.1, 0.15) is 17.4 Å². The molecule has 0 aliphatic heterocycles. The van der Waals surface area contributed by atoms with Crippen molar-refractivity contribution in [3.8, 4) is 17.7 Å². The number of nitriles is 1. The molecule has 0 bridgehead atoms. The van der Waals surface area contributed by atoms with Gasteiger partial charge >= 0.3 is 0 Å². The van der Waals surface area contributed by atoms with Crippen molar-refractivity contribution >= 4 is 15.9 Å². The first kappa shape index (κ1) is 12.5. The molecule has 1 aromatic heterocycles. The Morgan fingerprint density at radius 1 is 1.28 bits per heavy atom. The summed E-state index contributed by atoms with van der Waals surface area (Å²) in [4.78, 5) is 0. The van der Waals surface area contributed by atoms with Crippen LogP contribution in [0.5, 0.6) is 11.6 Å². The highest BCUT2D eigenvalue weighted by molar-refractivity contribution is 9.10. The summed E-state index contributed by atoms with van der Waals surface area (Å²) in [7, 11) is 0. The van der Waals surface area contributed by atoms with Crippen molar-refractivity contribution in [3.05, 3.63) is 45.6 Å². The first-order chi connectivity index (χ1) is 8.61. The van der Waals surface area contributed by atoms with Gasteiger partial charge in [-0.2, -0.15) is 10.4 Å². The van der Waals surface area contributed by atoms with E-state index in [4.69, 9.17) is 10.00 Å². The van der Waals surface area contributed by atoms with Crippen LogP contribution in [0, 0.1) is 25.2 Å². The zero-order chi connectivity index (χ0) is 13.1. The van der Waals surface area contributed by atoms with Gasteiger partial charge in [0.15, 0.2) is 0 Å². The van der Waals surface area contributed by atoms with Crippen LogP contribution in [0.1, 0.15) is 16.8 Å². The van der Waals surface area contributed by atoms with Crippen LogP contribution in [0.2, 0.25) is 0 Å². The van der Waals surface area contributed by atoms with Gasteiger partial charge in [0.05, 0.1) is 5.69 Å². The molecule has 18 heavy (non-hydrogen) atoms. The second kappa shape index (κ2) is 5.15. The molecule has 0 saturated carbocycles. The molecule has 0 N–H and O–H groups in total. The maximum Gasteiger partial charge on any atom is 0.257 e. The lowest BCUT2D eigenvalue weighted by atomic mass is 10.1. The van der Waals surface area contributed by atoms with Crippen LogP contribution in [0.25, 0.3) is 0 Å². The van der Waals surface area contributed by atoms with E-state index in [-0.39, 0.29) is 5.88 Å². The average molecular weight is 304 g/mol. The second-order valence-electron chi connectivity index (χ2n) is 3.76. The monoisotopic (exact) mass is 303 g/mol. The van der Waals surface area contributed by atoms with E-state index in [1.54, 1.807) is 12.1 Å². The summed E-state index contributed by atoms with van der Waals surface area (Å²) in [6.45, 7) is 3.64. The zero-order valence-corrected chi connectivity index (χ0v) is 11.5. The molecule has 0 radical (unpaired) electrons. The lowest BCUT2D eigenvalue weighted by molar-refractivity contribution is 0.451. The van der Waals surface area contributed by atoms with E-state index in [1.807, 2.05) is 26.0 Å². The Balaban J connectivity index is 2.42. The van der Waals surface area contributed by atoms with Crippen LogP contribution in [0.15, 0.2) is 28.7 Å². The van der Waals surface area contributed by atoms with Crippen molar-refractivity contribution in [1.82, 2.24) is 10.2 Å². The van der Waals surface area contributed by atoms with Gasteiger partial charge in [-0.3, -0.25) is 0 Å². The fourth-order valence-electron chi connectivity index (χ4n) is 1.43. The van der Waals surface area contributed by atoms with Crippen molar-refractivity contribution < 1.29 is 4.74 Å². The summed E-state index contributed by atoms with van der Waals surface area (Å²) in [5, 5.41) is 17.0. The Hall–Kier alpha value is -1.93. The third-order valence-electron chi connectivity index (χ3n) is 2.54. The Labute approximate surface area is 113 Å². The summed E-state index contributed by atoms with van der Waals surface area (Å²) in [6.07, 6.45) is 0. The number of rotatable bonds is 2. The van der Waals surface area contributed by atoms with Gasteiger partial charge in [0.25, 0.3) is 5.88 Å². The van der Waals surface area contributed by atoms with Crippen LogP contribution in [-0.4, -0.2) is 10.2 Å². The van der Waals surface area contributed by atoms with Crippen LogP contribution < -0.4 is 4.74 Å². The minimum absolute atomic E-state index is 0.235.